The molecule has 2 aliphatic heterocycles. The average molecular weight is 168 g/mol. The molecule has 11 heavy (non-hydrogen) atoms. The highest BCUT2D eigenvalue weighted by atomic mass is 32.2. The van der Waals surface area contributed by atoms with Crippen molar-refractivity contribution < 1.29 is 0 Å². The molecule has 1 heteroatoms. The molecule has 0 aromatic heterocycles. The van der Waals surface area contributed by atoms with Gasteiger partial charge in [0, 0.05) is 10.5 Å². The van der Waals surface area contributed by atoms with Crippen LogP contribution in [0.2, 0.25) is 0 Å². The molecule has 0 nitrogen and oxygen atoms in total. The maximum absolute atomic E-state index is 2.49. The molecule has 4 fully saturated rings. The second-order valence-corrected chi connectivity index (χ2v) is 6.27. The van der Waals surface area contributed by atoms with Gasteiger partial charge in [-0.15, -0.1) is 0 Å². The molecule has 0 N–H and O–H groups in total. The zero-order valence-electron chi connectivity index (χ0n) is 7.12. The Balaban J connectivity index is 1.91. The van der Waals surface area contributed by atoms with Gasteiger partial charge in [-0.1, -0.05) is 6.92 Å². The molecule has 62 valence electrons. The highest BCUT2D eigenvalue weighted by Gasteiger charge is 2.46. The molecule has 0 aromatic rings. The van der Waals surface area contributed by atoms with Crippen LogP contribution < -0.4 is 0 Å². The first-order valence-corrected chi connectivity index (χ1v) is 5.92. The van der Waals surface area contributed by atoms with Crippen molar-refractivity contribution in [3.05, 3.63) is 0 Å². The van der Waals surface area contributed by atoms with Gasteiger partial charge < -0.3 is 0 Å². The Kier molecular flexibility index (Phi) is 1.36. The third-order valence-corrected chi connectivity index (χ3v) is 5.80. The van der Waals surface area contributed by atoms with Gasteiger partial charge in [-0.25, -0.2) is 0 Å². The van der Waals surface area contributed by atoms with Gasteiger partial charge in [-0.05, 0) is 43.4 Å². The summed E-state index contributed by atoms with van der Waals surface area (Å²) in [6, 6.07) is 0. The average Bonchev–Trinajstić information content (AvgIpc) is 1.98. The first-order chi connectivity index (χ1) is 5.33. The number of hydrogen-bond donors (Lipinski definition) is 0. The summed E-state index contributed by atoms with van der Waals surface area (Å²) in [7, 11) is 0. The van der Waals surface area contributed by atoms with Gasteiger partial charge in [-0.3, -0.25) is 0 Å². The summed E-state index contributed by atoms with van der Waals surface area (Å²) in [4.78, 5) is 0. The van der Waals surface area contributed by atoms with Crippen LogP contribution in [-0.4, -0.2) is 10.5 Å². The van der Waals surface area contributed by atoms with Gasteiger partial charge in [0.15, 0.2) is 0 Å². The van der Waals surface area contributed by atoms with Crippen LogP contribution in [0.25, 0.3) is 0 Å². The quantitative estimate of drug-likeness (QED) is 0.536. The highest BCUT2D eigenvalue weighted by Crippen LogP contribution is 2.56. The number of thioether (sulfide) groups is 1. The van der Waals surface area contributed by atoms with Crippen LogP contribution in [0.4, 0.5) is 0 Å². The molecular formula is C10H16S. The molecule has 2 aliphatic carbocycles. The molecule has 1 unspecified atom stereocenters. The predicted octanol–water partition coefficient (Wildman–Crippen LogP) is 2.93. The van der Waals surface area contributed by atoms with Crippen LogP contribution in [0.15, 0.2) is 0 Å². The van der Waals surface area contributed by atoms with Crippen molar-refractivity contribution in [2.45, 2.75) is 43.1 Å². The summed E-state index contributed by atoms with van der Waals surface area (Å²) >= 11 is 2.32. The molecule has 2 saturated heterocycles. The third-order valence-electron chi connectivity index (χ3n) is 4.06. The van der Waals surface area contributed by atoms with E-state index in [0.29, 0.717) is 0 Å². The minimum Gasteiger partial charge on any atom is -0.155 e. The Morgan fingerprint density at radius 2 is 2.00 bits per heavy atom. The van der Waals surface area contributed by atoms with Crippen LogP contribution >= 0.6 is 11.8 Å². The monoisotopic (exact) mass is 168 g/mol. The van der Waals surface area contributed by atoms with Crippen molar-refractivity contribution >= 4 is 11.8 Å². The first kappa shape index (κ1) is 6.82. The lowest BCUT2D eigenvalue weighted by Gasteiger charge is -2.53. The van der Waals surface area contributed by atoms with Gasteiger partial charge >= 0.3 is 0 Å². The maximum Gasteiger partial charge on any atom is 0.00807 e. The van der Waals surface area contributed by atoms with E-state index in [0.717, 1.165) is 28.3 Å². The summed E-state index contributed by atoms with van der Waals surface area (Å²) in [5.74, 6) is 3.31. The summed E-state index contributed by atoms with van der Waals surface area (Å²) in [6.45, 7) is 2.49. The first-order valence-electron chi connectivity index (χ1n) is 4.98. The summed E-state index contributed by atoms with van der Waals surface area (Å²) in [5.41, 5.74) is 0. The van der Waals surface area contributed by atoms with Gasteiger partial charge in [0.1, 0.15) is 0 Å². The molecule has 0 amide bonds. The van der Waals surface area contributed by atoms with E-state index in [2.05, 4.69) is 18.7 Å². The number of rotatable bonds is 0. The fourth-order valence-electron chi connectivity index (χ4n) is 3.43. The van der Waals surface area contributed by atoms with Crippen molar-refractivity contribution in [2.75, 3.05) is 0 Å². The van der Waals surface area contributed by atoms with E-state index in [9.17, 15) is 0 Å². The lowest BCUT2D eigenvalue weighted by molar-refractivity contribution is 0.128. The zero-order valence-corrected chi connectivity index (χ0v) is 7.94. The van der Waals surface area contributed by atoms with E-state index in [1.807, 2.05) is 0 Å². The molecule has 2 heterocycles. The van der Waals surface area contributed by atoms with Crippen molar-refractivity contribution in [2.24, 2.45) is 17.8 Å². The molecule has 2 saturated carbocycles. The smallest absolute Gasteiger partial charge is 0.00807 e. The lowest BCUT2D eigenvalue weighted by atomic mass is 9.66. The van der Waals surface area contributed by atoms with E-state index in [-0.39, 0.29) is 0 Å². The van der Waals surface area contributed by atoms with Gasteiger partial charge in [0.25, 0.3) is 0 Å². The second kappa shape index (κ2) is 2.18. The fraction of sp³-hybridized carbons (Fsp3) is 1.00. The van der Waals surface area contributed by atoms with E-state index < -0.39 is 0 Å². The normalized spacial score (nSPS) is 60.3. The highest BCUT2D eigenvalue weighted by molar-refractivity contribution is 8.00. The van der Waals surface area contributed by atoms with E-state index in [1.165, 1.54) is 0 Å². The Bertz CT molecular complexity index is 148. The van der Waals surface area contributed by atoms with E-state index in [1.54, 1.807) is 25.7 Å². The second-order valence-electron chi connectivity index (χ2n) is 4.72. The zero-order chi connectivity index (χ0) is 7.42. The SMILES string of the molecule is CC1[C@@H]2C[C@H]3C[C@@H](C2)S[C@@H]1C3. The molecule has 4 aliphatic rings. The Morgan fingerprint density at radius 3 is 2.73 bits per heavy atom. The molecule has 0 aromatic carbocycles. The van der Waals surface area contributed by atoms with E-state index >= 15 is 0 Å². The van der Waals surface area contributed by atoms with Crippen molar-refractivity contribution in [3.8, 4) is 0 Å². The topological polar surface area (TPSA) is 0 Å². The van der Waals surface area contributed by atoms with Crippen molar-refractivity contribution in [1.82, 2.24) is 0 Å². The Hall–Kier alpha value is 0.350. The third kappa shape index (κ3) is 0.898. The summed E-state index contributed by atoms with van der Waals surface area (Å²) < 4.78 is 0. The fourth-order valence-corrected chi connectivity index (χ4v) is 5.52. The summed E-state index contributed by atoms with van der Waals surface area (Å²) in [5, 5.41) is 2.14. The minimum absolute atomic E-state index is 1.05. The summed E-state index contributed by atoms with van der Waals surface area (Å²) in [6.07, 6.45) is 6.25. The molecule has 0 spiro atoms. The van der Waals surface area contributed by atoms with Crippen LogP contribution in [0, 0.1) is 17.8 Å². The van der Waals surface area contributed by atoms with Gasteiger partial charge in [0.2, 0.25) is 0 Å². The van der Waals surface area contributed by atoms with Crippen LogP contribution in [0.1, 0.15) is 32.6 Å². The van der Waals surface area contributed by atoms with Crippen LogP contribution in [0.3, 0.4) is 0 Å². The Labute approximate surface area is 73.1 Å². The molecule has 5 atom stereocenters. The molecule has 0 radical (unpaired) electrons. The largest absolute Gasteiger partial charge is 0.155 e. The predicted molar refractivity (Wildman–Crippen MR) is 49.8 cm³/mol. The van der Waals surface area contributed by atoms with Gasteiger partial charge in [-0.2, -0.15) is 11.8 Å². The molecule has 4 rings (SSSR count). The molecule has 4 bridgehead atoms. The van der Waals surface area contributed by atoms with Crippen LogP contribution in [-0.2, 0) is 0 Å². The Morgan fingerprint density at radius 1 is 1.09 bits per heavy atom. The lowest BCUT2D eigenvalue weighted by Crippen LogP contribution is -2.45. The van der Waals surface area contributed by atoms with Crippen LogP contribution in [0.5, 0.6) is 0 Å². The van der Waals surface area contributed by atoms with E-state index in [4.69, 9.17) is 0 Å². The number of hydrogen-bond acceptors (Lipinski definition) is 1. The standard InChI is InChI=1S/C10H16S/c1-6-8-2-7-3-9(5-8)11-10(6)4-7/h6-10H,2-5H2,1H3/t6?,7-,8+,9-,10+/m0/s1. The van der Waals surface area contributed by atoms with Crippen molar-refractivity contribution in [3.63, 3.8) is 0 Å². The van der Waals surface area contributed by atoms with Gasteiger partial charge in [0.05, 0.1) is 0 Å². The molecular weight excluding hydrogens is 152 g/mol. The maximum atomic E-state index is 2.49. The minimum atomic E-state index is 1.05. The van der Waals surface area contributed by atoms with Crippen molar-refractivity contribution in [1.29, 1.82) is 0 Å².